The van der Waals surface area contributed by atoms with Gasteiger partial charge in [-0.1, -0.05) is 17.7 Å². The van der Waals surface area contributed by atoms with Gasteiger partial charge in [0.1, 0.15) is 5.82 Å². The molecule has 0 fully saturated rings. The van der Waals surface area contributed by atoms with Crippen LogP contribution >= 0.6 is 11.6 Å². The van der Waals surface area contributed by atoms with E-state index in [2.05, 4.69) is 9.73 Å². The second-order valence-electron chi connectivity index (χ2n) is 5.21. The van der Waals surface area contributed by atoms with Crippen molar-refractivity contribution in [2.24, 2.45) is 10.9 Å². The maximum atomic E-state index is 13.3. The lowest BCUT2D eigenvalue weighted by Crippen LogP contribution is -2.32. The van der Waals surface area contributed by atoms with Crippen LogP contribution in [-0.2, 0) is 19.6 Å². The van der Waals surface area contributed by atoms with Crippen molar-refractivity contribution in [3.05, 3.63) is 40.8 Å². The number of methoxy groups -OCH3 is 1. The fourth-order valence-corrected chi connectivity index (χ4v) is 3.20. The number of rotatable bonds is 5. The second kappa shape index (κ2) is 7.31. The van der Waals surface area contributed by atoms with Crippen molar-refractivity contribution in [3.8, 4) is 0 Å². The number of carbonyl (C=O) groups is 1. The van der Waals surface area contributed by atoms with Crippen LogP contribution < -0.4 is 4.31 Å². The quantitative estimate of drug-likeness (QED) is 0.741. The lowest BCUT2D eigenvalue weighted by Gasteiger charge is -2.24. The molecule has 0 N–H and O–H groups in total. The molecule has 1 aliphatic heterocycles. The summed E-state index contributed by atoms with van der Waals surface area (Å²) in [7, 11) is -2.34. The molecule has 130 valence electrons. The molecule has 0 radical (unpaired) electrons. The van der Waals surface area contributed by atoms with Gasteiger partial charge in [-0.15, -0.1) is 0 Å². The maximum absolute atomic E-state index is 13.3. The summed E-state index contributed by atoms with van der Waals surface area (Å²) in [5.41, 5.74) is 0.705. The highest BCUT2D eigenvalue weighted by molar-refractivity contribution is 7.92. The van der Waals surface area contributed by atoms with E-state index >= 15 is 0 Å². The summed E-state index contributed by atoms with van der Waals surface area (Å²) in [6.45, 7) is -0.0504. The van der Waals surface area contributed by atoms with Crippen molar-refractivity contribution in [2.75, 3.05) is 24.2 Å². The lowest BCUT2D eigenvalue weighted by atomic mass is 10.0. The fraction of sp³-hybridized carbons (Fsp3) is 0.333. The topological polar surface area (TPSA) is 76.0 Å². The van der Waals surface area contributed by atoms with Crippen LogP contribution in [0.5, 0.6) is 0 Å². The van der Waals surface area contributed by atoms with E-state index in [1.165, 1.54) is 25.5 Å². The Kier molecular flexibility index (Phi) is 5.61. The minimum atomic E-state index is -3.64. The molecule has 0 saturated heterocycles. The molecule has 0 amide bonds. The Morgan fingerprint density at radius 3 is 2.71 bits per heavy atom. The zero-order valence-electron chi connectivity index (χ0n) is 13.1. The molecule has 2 rings (SSSR count). The third-order valence-corrected chi connectivity index (χ3v) is 4.86. The van der Waals surface area contributed by atoms with Gasteiger partial charge in [0.25, 0.3) is 0 Å². The standard InChI is InChI=1S/C15H16ClFN2O4S/c1-23-15(20)10-3-4-11(18-8-10)9-19(24(2,21)22)12-5-6-14(17)13(16)7-12/h4-8,10H,3,9H2,1-2H3. The molecule has 0 saturated carbocycles. The van der Waals surface area contributed by atoms with Crippen LogP contribution in [0.3, 0.4) is 0 Å². The van der Waals surface area contributed by atoms with Gasteiger partial charge in [0.05, 0.1) is 42.2 Å². The van der Waals surface area contributed by atoms with Crippen LogP contribution in [0.4, 0.5) is 10.1 Å². The Balaban J connectivity index is 2.23. The third-order valence-electron chi connectivity index (χ3n) is 3.43. The molecule has 1 aliphatic rings. The van der Waals surface area contributed by atoms with Gasteiger partial charge in [-0.3, -0.25) is 14.1 Å². The van der Waals surface area contributed by atoms with Crippen molar-refractivity contribution in [1.82, 2.24) is 0 Å². The number of ether oxygens (including phenoxy) is 1. The first-order valence-electron chi connectivity index (χ1n) is 6.96. The first-order chi connectivity index (χ1) is 11.2. The molecule has 1 aromatic carbocycles. The Hall–Kier alpha value is -1.93. The highest BCUT2D eigenvalue weighted by Gasteiger charge is 2.23. The minimum absolute atomic E-state index is 0.0504. The number of aliphatic imine (C=N–C) groups is 1. The molecule has 1 heterocycles. The van der Waals surface area contributed by atoms with E-state index in [4.69, 9.17) is 11.6 Å². The first kappa shape index (κ1) is 18.4. The summed E-state index contributed by atoms with van der Waals surface area (Å²) in [5, 5.41) is -0.173. The van der Waals surface area contributed by atoms with E-state index in [0.717, 1.165) is 16.6 Å². The van der Waals surface area contributed by atoms with Crippen molar-refractivity contribution in [2.45, 2.75) is 6.42 Å². The molecule has 1 unspecified atom stereocenters. The van der Waals surface area contributed by atoms with E-state index in [9.17, 15) is 17.6 Å². The number of esters is 1. The summed E-state index contributed by atoms with van der Waals surface area (Å²) in [5.74, 6) is -1.52. The van der Waals surface area contributed by atoms with Crippen LogP contribution in [0, 0.1) is 11.7 Å². The Morgan fingerprint density at radius 2 is 2.21 bits per heavy atom. The van der Waals surface area contributed by atoms with Gasteiger partial charge < -0.3 is 4.74 Å². The first-order valence-corrected chi connectivity index (χ1v) is 9.19. The Labute approximate surface area is 144 Å². The zero-order chi connectivity index (χ0) is 17.9. The molecule has 0 aliphatic carbocycles. The number of nitrogens with zero attached hydrogens (tertiary/aromatic N) is 2. The van der Waals surface area contributed by atoms with Crippen molar-refractivity contribution in [1.29, 1.82) is 0 Å². The third kappa shape index (κ3) is 4.33. The normalized spacial score (nSPS) is 17.3. The SMILES string of the molecule is COC(=O)C1C=NC(CN(c2ccc(F)c(Cl)c2)S(C)(=O)=O)=CC1. The number of sulfonamides is 1. The highest BCUT2D eigenvalue weighted by atomic mass is 35.5. The predicted molar refractivity (Wildman–Crippen MR) is 90.3 cm³/mol. The minimum Gasteiger partial charge on any atom is -0.469 e. The average molecular weight is 375 g/mol. The predicted octanol–water partition coefficient (Wildman–Crippen LogP) is 2.39. The Bertz CT molecular complexity index is 808. The molecule has 6 nitrogen and oxygen atoms in total. The molecule has 9 heteroatoms. The van der Waals surface area contributed by atoms with E-state index in [-0.39, 0.29) is 17.3 Å². The van der Waals surface area contributed by atoms with Crippen LogP contribution in [0.2, 0.25) is 5.02 Å². The number of benzene rings is 1. The van der Waals surface area contributed by atoms with Crippen molar-refractivity contribution in [3.63, 3.8) is 0 Å². The number of allylic oxidation sites excluding steroid dienone is 1. The summed E-state index contributed by atoms with van der Waals surface area (Å²) in [4.78, 5) is 15.6. The number of hydrogen-bond acceptors (Lipinski definition) is 5. The number of hydrogen-bond donors (Lipinski definition) is 0. The lowest BCUT2D eigenvalue weighted by molar-refractivity contribution is -0.142. The zero-order valence-corrected chi connectivity index (χ0v) is 14.6. The van der Waals surface area contributed by atoms with Gasteiger partial charge in [-0.05, 0) is 24.6 Å². The average Bonchev–Trinajstić information content (AvgIpc) is 2.54. The molecule has 1 atom stereocenters. The molecule has 0 bridgehead atoms. The van der Waals surface area contributed by atoms with Gasteiger partial charge in [0.15, 0.2) is 0 Å². The van der Waals surface area contributed by atoms with E-state index in [1.807, 2.05) is 0 Å². The molecule has 0 aromatic heterocycles. The summed E-state index contributed by atoms with van der Waals surface area (Å²) in [6.07, 6.45) is 4.51. The smallest absolute Gasteiger partial charge is 0.314 e. The number of anilines is 1. The van der Waals surface area contributed by atoms with Crippen LogP contribution in [0.1, 0.15) is 6.42 Å². The monoisotopic (exact) mass is 374 g/mol. The van der Waals surface area contributed by atoms with E-state index < -0.39 is 27.7 Å². The molecular weight excluding hydrogens is 359 g/mol. The van der Waals surface area contributed by atoms with Gasteiger partial charge in [-0.25, -0.2) is 12.8 Å². The van der Waals surface area contributed by atoms with Gasteiger partial charge in [0, 0.05) is 6.21 Å². The summed E-state index contributed by atoms with van der Waals surface area (Å²) in [6, 6.07) is 3.66. The van der Waals surface area contributed by atoms with Crippen LogP contribution in [-0.4, -0.2) is 40.5 Å². The number of carbonyl (C=O) groups excluding carboxylic acids is 1. The second-order valence-corrected chi connectivity index (χ2v) is 7.52. The van der Waals surface area contributed by atoms with E-state index in [1.54, 1.807) is 6.08 Å². The number of halogens is 2. The molecular formula is C15H16ClFN2O4S. The van der Waals surface area contributed by atoms with E-state index in [0.29, 0.717) is 12.1 Å². The van der Waals surface area contributed by atoms with Crippen LogP contribution in [0.25, 0.3) is 0 Å². The van der Waals surface area contributed by atoms with Crippen molar-refractivity contribution >= 4 is 39.5 Å². The van der Waals surface area contributed by atoms with Gasteiger partial charge in [0.2, 0.25) is 10.0 Å². The van der Waals surface area contributed by atoms with Crippen molar-refractivity contribution < 1.29 is 22.3 Å². The fourth-order valence-electron chi connectivity index (χ4n) is 2.16. The molecule has 24 heavy (non-hydrogen) atoms. The van der Waals surface area contributed by atoms with Gasteiger partial charge in [-0.2, -0.15) is 0 Å². The summed E-state index contributed by atoms with van der Waals surface area (Å²) >= 11 is 5.73. The summed E-state index contributed by atoms with van der Waals surface area (Å²) < 4.78 is 43.1. The molecule has 1 aromatic rings. The largest absolute Gasteiger partial charge is 0.469 e. The Morgan fingerprint density at radius 1 is 1.50 bits per heavy atom. The van der Waals surface area contributed by atoms with Gasteiger partial charge >= 0.3 is 5.97 Å². The maximum Gasteiger partial charge on any atom is 0.314 e. The highest BCUT2D eigenvalue weighted by Crippen LogP contribution is 2.26. The molecule has 0 spiro atoms. The van der Waals surface area contributed by atoms with Crippen LogP contribution in [0.15, 0.2) is 35.0 Å².